The fourth-order valence-electron chi connectivity index (χ4n) is 4.02. The van der Waals surface area contributed by atoms with E-state index in [0.717, 1.165) is 22.1 Å². The van der Waals surface area contributed by atoms with Crippen molar-refractivity contribution < 1.29 is 23.5 Å². The van der Waals surface area contributed by atoms with Gasteiger partial charge in [0.2, 0.25) is 0 Å². The van der Waals surface area contributed by atoms with Gasteiger partial charge in [0.1, 0.15) is 24.0 Å². The Bertz CT molecular complexity index is 1450. The monoisotopic (exact) mass is 531 g/mol. The van der Waals surface area contributed by atoms with Gasteiger partial charge in [-0.15, -0.1) is 0 Å². The third-order valence-corrected chi connectivity index (χ3v) is 6.74. The van der Waals surface area contributed by atoms with E-state index in [2.05, 4.69) is 5.32 Å². The number of benzene rings is 3. The minimum Gasteiger partial charge on any atom is -0.445 e. The number of thioether (sulfide) groups is 1. The van der Waals surface area contributed by atoms with Gasteiger partial charge in [-0.3, -0.25) is 0 Å². The number of esters is 1. The van der Waals surface area contributed by atoms with Crippen molar-refractivity contribution in [1.82, 2.24) is 5.32 Å². The summed E-state index contributed by atoms with van der Waals surface area (Å²) in [5.41, 5.74) is 3.15. The number of amides is 1. The van der Waals surface area contributed by atoms with Crippen molar-refractivity contribution in [2.75, 3.05) is 12.0 Å². The van der Waals surface area contributed by atoms with Crippen LogP contribution < -0.4 is 15.7 Å². The first-order chi connectivity index (χ1) is 18.4. The van der Waals surface area contributed by atoms with Crippen LogP contribution >= 0.6 is 11.8 Å². The van der Waals surface area contributed by atoms with Crippen molar-refractivity contribution in [3.63, 3.8) is 0 Å². The van der Waals surface area contributed by atoms with E-state index in [4.69, 9.17) is 13.9 Å². The molecule has 7 nitrogen and oxygen atoms in total. The van der Waals surface area contributed by atoms with Crippen LogP contribution in [-0.4, -0.2) is 30.1 Å². The number of fused-ring (bicyclic) bond motifs is 1. The molecule has 0 spiro atoms. The third kappa shape index (κ3) is 7.04. The molecule has 3 aromatic carbocycles. The lowest BCUT2D eigenvalue weighted by Gasteiger charge is -2.17. The van der Waals surface area contributed by atoms with Crippen molar-refractivity contribution in [3.05, 3.63) is 112 Å². The first kappa shape index (κ1) is 27.0. The minimum atomic E-state index is -0.900. The first-order valence-corrected chi connectivity index (χ1v) is 13.6. The van der Waals surface area contributed by atoms with E-state index in [1.807, 2.05) is 73.8 Å². The average Bonchev–Trinajstić information content (AvgIpc) is 2.93. The molecule has 0 radical (unpaired) electrons. The molecule has 1 N–H and O–H groups in total. The van der Waals surface area contributed by atoms with Gasteiger partial charge in [0.05, 0.1) is 0 Å². The number of hydrogen-bond acceptors (Lipinski definition) is 7. The number of alkyl carbamates (subject to hydrolysis) is 1. The second-order valence-electron chi connectivity index (χ2n) is 8.77. The fraction of sp³-hybridized carbons (Fsp3) is 0.233. The summed E-state index contributed by atoms with van der Waals surface area (Å²) in [4.78, 5) is 38.1. The number of carbonyl (C=O) groups excluding carboxylic acids is 2. The molecule has 0 saturated carbocycles. The normalized spacial score (nSPS) is 11.6. The Hall–Kier alpha value is -4.04. The molecule has 38 heavy (non-hydrogen) atoms. The SMILES string of the molecule is CSCC[C@H](NC(=O)OCc1ccccc1)C(=O)Oc1ccc2c(C)c(Cc3ccccc3)c(=O)oc2c1. The summed E-state index contributed by atoms with van der Waals surface area (Å²) in [6.45, 7) is 1.97. The molecule has 1 atom stereocenters. The van der Waals surface area contributed by atoms with Crippen LogP contribution in [0.1, 0.15) is 28.7 Å². The second kappa shape index (κ2) is 13.0. The van der Waals surface area contributed by atoms with Crippen LogP contribution in [-0.2, 0) is 22.6 Å². The molecule has 4 rings (SSSR count). The number of hydrogen-bond donors (Lipinski definition) is 1. The molecule has 0 bridgehead atoms. The molecular weight excluding hydrogens is 502 g/mol. The Labute approximate surface area is 225 Å². The smallest absolute Gasteiger partial charge is 0.408 e. The molecule has 0 fully saturated rings. The standard InChI is InChI=1S/C30H29NO6S/c1-20-24-14-13-23(18-27(24)37-28(32)25(20)17-21-9-5-3-6-10-21)36-29(33)26(15-16-38-2)31-30(34)35-19-22-11-7-4-8-12-22/h3-14,18,26H,15-17,19H2,1-2H3,(H,31,34)/t26-/m0/s1. The molecule has 4 aromatic rings. The molecule has 0 aliphatic carbocycles. The lowest BCUT2D eigenvalue weighted by atomic mass is 10.00. The number of aryl methyl sites for hydroxylation is 1. The molecule has 0 saturated heterocycles. The van der Waals surface area contributed by atoms with Crippen LogP contribution in [0.2, 0.25) is 0 Å². The first-order valence-electron chi connectivity index (χ1n) is 12.2. The zero-order valence-corrected chi connectivity index (χ0v) is 22.1. The molecule has 0 aliphatic rings. The number of ether oxygens (including phenoxy) is 2. The zero-order valence-electron chi connectivity index (χ0n) is 21.3. The highest BCUT2D eigenvalue weighted by atomic mass is 32.2. The lowest BCUT2D eigenvalue weighted by molar-refractivity contribution is -0.136. The van der Waals surface area contributed by atoms with Gasteiger partial charge in [-0.1, -0.05) is 60.7 Å². The maximum absolute atomic E-state index is 13.0. The van der Waals surface area contributed by atoms with Crippen LogP contribution in [0.25, 0.3) is 11.0 Å². The molecule has 0 aliphatic heterocycles. The van der Waals surface area contributed by atoms with Crippen molar-refractivity contribution in [2.24, 2.45) is 0 Å². The summed E-state index contributed by atoms with van der Waals surface area (Å²) in [5, 5.41) is 3.37. The van der Waals surface area contributed by atoms with Crippen molar-refractivity contribution in [3.8, 4) is 5.75 Å². The topological polar surface area (TPSA) is 94.8 Å². The van der Waals surface area contributed by atoms with Crippen molar-refractivity contribution >= 4 is 34.8 Å². The highest BCUT2D eigenvalue weighted by Crippen LogP contribution is 2.25. The molecule has 1 heterocycles. The fourth-order valence-corrected chi connectivity index (χ4v) is 4.49. The number of nitrogens with one attached hydrogen (secondary N) is 1. The van der Waals surface area contributed by atoms with E-state index < -0.39 is 23.7 Å². The highest BCUT2D eigenvalue weighted by Gasteiger charge is 2.24. The van der Waals surface area contributed by atoms with Gasteiger partial charge in [-0.2, -0.15) is 11.8 Å². The Morgan fingerprint density at radius 2 is 1.66 bits per heavy atom. The second-order valence-corrected chi connectivity index (χ2v) is 9.76. The molecule has 1 aromatic heterocycles. The molecular formula is C30H29NO6S. The molecule has 8 heteroatoms. The Kier molecular flexibility index (Phi) is 9.21. The van der Waals surface area contributed by atoms with E-state index in [1.165, 1.54) is 6.07 Å². The van der Waals surface area contributed by atoms with Gasteiger partial charge in [-0.25, -0.2) is 14.4 Å². The van der Waals surface area contributed by atoms with E-state index in [9.17, 15) is 14.4 Å². The van der Waals surface area contributed by atoms with Gasteiger partial charge in [0, 0.05) is 23.4 Å². The third-order valence-electron chi connectivity index (χ3n) is 6.10. The zero-order chi connectivity index (χ0) is 26.9. The largest absolute Gasteiger partial charge is 0.445 e. The maximum Gasteiger partial charge on any atom is 0.408 e. The summed E-state index contributed by atoms with van der Waals surface area (Å²) in [6.07, 6.45) is 2.04. The summed E-state index contributed by atoms with van der Waals surface area (Å²) >= 11 is 1.55. The van der Waals surface area contributed by atoms with Crippen LogP contribution in [0.5, 0.6) is 5.75 Å². The average molecular weight is 532 g/mol. The van der Waals surface area contributed by atoms with E-state index in [0.29, 0.717) is 29.7 Å². The molecule has 0 unspecified atom stereocenters. The van der Waals surface area contributed by atoms with Crippen molar-refractivity contribution in [1.29, 1.82) is 0 Å². The van der Waals surface area contributed by atoms with Crippen LogP contribution in [0.3, 0.4) is 0 Å². The predicted octanol–water partition coefficient (Wildman–Crippen LogP) is 5.65. The van der Waals surface area contributed by atoms with Crippen molar-refractivity contribution in [2.45, 2.75) is 32.4 Å². The Balaban J connectivity index is 1.46. The highest BCUT2D eigenvalue weighted by molar-refractivity contribution is 7.98. The Morgan fingerprint density at radius 3 is 2.34 bits per heavy atom. The summed E-state index contributed by atoms with van der Waals surface area (Å²) in [5.74, 6) is 0.221. The summed E-state index contributed by atoms with van der Waals surface area (Å²) in [7, 11) is 0. The molecule has 1 amide bonds. The quantitative estimate of drug-likeness (QED) is 0.161. The molecule has 196 valence electrons. The van der Waals surface area contributed by atoms with E-state index >= 15 is 0 Å². The lowest BCUT2D eigenvalue weighted by Crippen LogP contribution is -2.43. The predicted molar refractivity (Wildman–Crippen MR) is 149 cm³/mol. The number of rotatable bonds is 10. The van der Waals surface area contributed by atoms with E-state index in [1.54, 1.807) is 23.9 Å². The van der Waals surface area contributed by atoms with Gasteiger partial charge in [0.15, 0.2) is 0 Å². The maximum atomic E-state index is 13.0. The minimum absolute atomic E-state index is 0.0896. The van der Waals surface area contributed by atoms with Gasteiger partial charge in [-0.05, 0) is 54.2 Å². The van der Waals surface area contributed by atoms with Gasteiger partial charge < -0.3 is 19.2 Å². The van der Waals surface area contributed by atoms with Crippen LogP contribution in [0, 0.1) is 6.92 Å². The summed E-state index contributed by atoms with van der Waals surface area (Å²) < 4.78 is 16.4. The van der Waals surface area contributed by atoms with E-state index in [-0.39, 0.29) is 12.4 Å². The van der Waals surface area contributed by atoms with Gasteiger partial charge >= 0.3 is 17.7 Å². The summed E-state index contributed by atoms with van der Waals surface area (Å²) in [6, 6.07) is 23.0. The van der Waals surface area contributed by atoms with Crippen LogP contribution in [0.15, 0.2) is 88.1 Å². The van der Waals surface area contributed by atoms with Gasteiger partial charge in [0.25, 0.3) is 0 Å². The number of carbonyl (C=O) groups is 2. The Morgan fingerprint density at radius 1 is 0.974 bits per heavy atom. The van der Waals surface area contributed by atoms with Crippen LogP contribution in [0.4, 0.5) is 4.79 Å².